The minimum absolute atomic E-state index is 0.169. The van der Waals surface area contributed by atoms with Crippen molar-refractivity contribution in [3.05, 3.63) is 0 Å². The van der Waals surface area contributed by atoms with Gasteiger partial charge in [-0.2, -0.15) is 0 Å². The second kappa shape index (κ2) is 11.8. The minimum Gasteiger partial charge on any atom is -0.469 e. The van der Waals surface area contributed by atoms with Crippen LogP contribution in [0.15, 0.2) is 0 Å². The Morgan fingerprint density at radius 3 is 2.24 bits per heavy atom. The number of nitrogens with zero attached hydrogens (tertiary/aromatic N) is 1. The van der Waals surface area contributed by atoms with Crippen LogP contribution in [0.25, 0.3) is 0 Å². The molecule has 0 aromatic carbocycles. The largest absolute Gasteiger partial charge is 0.469 e. The Morgan fingerprint density at radius 1 is 1.18 bits per heavy atom. The van der Waals surface area contributed by atoms with Crippen molar-refractivity contribution in [2.75, 3.05) is 26.1 Å². The molecule has 0 aliphatic carbocycles. The number of hydrogen-bond donors (Lipinski definition) is 0. The molecular weight excluding hydrogens is 303 g/mol. The van der Waals surface area contributed by atoms with Gasteiger partial charge in [-0.25, -0.2) is 0 Å². The van der Waals surface area contributed by atoms with Gasteiger partial charge in [0.25, 0.3) is 0 Å². The van der Waals surface area contributed by atoms with Crippen molar-refractivity contribution >= 4 is 46.8 Å². The van der Waals surface area contributed by atoms with E-state index in [1.54, 1.807) is 0 Å². The maximum Gasteiger partial charge on any atom is 0.305 e. The number of carbonyl (C=O) groups is 1. The fourth-order valence-corrected chi connectivity index (χ4v) is 3.00. The van der Waals surface area contributed by atoms with E-state index < -0.39 is 6.78 Å². The number of unbranched alkanes of at least 4 members (excludes halogenated alkanes) is 2. The second-order valence-corrected chi connectivity index (χ2v) is 7.41. The van der Waals surface area contributed by atoms with E-state index in [4.69, 9.17) is 34.1 Å². The highest BCUT2D eigenvalue weighted by Crippen LogP contribution is 2.50. The van der Waals surface area contributed by atoms with Gasteiger partial charge in [0.15, 0.2) is 6.78 Å². The molecule has 0 rings (SSSR count). The number of halogens is 3. The number of esters is 1. The normalized spacial score (nSPS) is 11.2. The highest BCUT2D eigenvalue weighted by molar-refractivity contribution is 8.02. The first-order chi connectivity index (χ1) is 8.11. The molecule has 0 aromatic heterocycles. The number of ether oxygens (including phenoxy) is 1. The predicted octanol–water partition coefficient (Wildman–Crippen LogP) is 4.36. The molecule has 0 heterocycles. The van der Waals surface area contributed by atoms with E-state index in [1.807, 2.05) is 4.67 Å². The Labute approximate surface area is 119 Å². The fourth-order valence-electron chi connectivity index (χ4n) is 1.32. The molecule has 0 saturated heterocycles. The maximum atomic E-state index is 10.9. The summed E-state index contributed by atoms with van der Waals surface area (Å²) in [7, 11) is 1.40. The molecule has 0 unspecified atom stereocenters. The topological polar surface area (TPSA) is 29.5 Å². The number of rotatable bonds is 10. The van der Waals surface area contributed by atoms with Crippen molar-refractivity contribution in [1.82, 2.24) is 4.67 Å². The van der Waals surface area contributed by atoms with Gasteiger partial charge in [-0.3, -0.25) is 9.46 Å². The lowest BCUT2D eigenvalue weighted by molar-refractivity contribution is -0.140. The highest BCUT2D eigenvalue weighted by Gasteiger charge is 2.12. The molecule has 17 heavy (non-hydrogen) atoms. The number of methoxy groups -OCH3 is 1. The summed E-state index contributed by atoms with van der Waals surface area (Å²) in [6, 6.07) is 0. The van der Waals surface area contributed by atoms with Crippen LogP contribution in [0.2, 0.25) is 0 Å². The molecule has 0 aromatic rings. The van der Waals surface area contributed by atoms with Crippen LogP contribution in [0.4, 0.5) is 0 Å². The summed E-state index contributed by atoms with van der Waals surface area (Å²) in [5, 5.41) is 0. The molecule has 0 fully saturated rings. The van der Waals surface area contributed by atoms with Gasteiger partial charge in [0.05, 0.1) is 7.11 Å². The average Bonchev–Trinajstić information content (AvgIpc) is 2.31. The van der Waals surface area contributed by atoms with E-state index in [-0.39, 0.29) is 5.97 Å². The Morgan fingerprint density at radius 2 is 1.76 bits per heavy atom. The molecular formula is C10H19Cl3NO2P. The van der Waals surface area contributed by atoms with Crippen LogP contribution in [0.5, 0.6) is 0 Å². The summed E-state index contributed by atoms with van der Waals surface area (Å²) in [6.45, 7) is 0.585. The van der Waals surface area contributed by atoms with Gasteiger partial charge in [-0.05, 0) is 25.7 Å². The van der Waals surface area contributed by atoms with E-state index in [2.05, 4.69) is 4.74 Å². The monoisotopic (exact) mass is 321 g/mol. The van der Waals surface area contributed by atoms with Crippen LogP contribution in [0.3, 0.4) is 0 Å². The summed E-state index contributed by atoms with van der Waals surface area (Å²) < 4.78 is 6.61. The van der Waals surface area contributed by atoms with E-state index in [0.29, 0.717) is 12.3 Å². The summed E-state index contributed by atoms with van der Waals surface area (Å²) in [5.41, 5.74) is 0. The Bertz CT molecular complexity index is 208. The minimum atomic E-state index is -1.10. The molecule has 0 aliphatic heterocycles. The molecule has 0 saturated carbocycles. The summed E-state index contributed by atoms with van der Waals surface area (Å²) in [6.07, 6.45) is 4.12. The number of carbonyl (C=O) groups excluding carboxylic acids is 1. The van der Waals surface area contributed by atoms with Crippen molar-refractivity contribution in [2.45, 2.75) is 32.1 Å². The van der Waals surface area contributed by atoms with Gasteiger partial charge in [-0.1, -0.05) is 22.5 Å². The third kappa shape index (κ3) is 10.3. The van der Waals surface area contributed by atoms with Crippen LogP contribution < -0.4 is 0 Å². The number of alkyl halides is 1. The van der Waals surface area contributed by atoms with Gasteiger partial charge in [0.2, 0.25) is 0 Å². The standard InChI is InChI=1S/C10H19Cl3NO2P/c1-16-10(15)6-2-4-8-14(17(12)13)9-5-3-7-11/h2-9H2,1H3. The predicted molar refractivity (Wildman–Crippen MR) is 76.0 cm³/mol. The SMILES string of the molecule is COC(=O)CCCCN(CCCCCl)P(Cl)Cl. The Kier molecular flexibility index (Phi) is 12.3. The van der Waals surface area contributed by atoms with Crippen molar-refractivity contribution in [1.29, 1.82) is 0 Å². The van der Waals surface area contributed by atoms with Crippen molar-refractivity contribution in [3.63, 3.8) is 0 Å². The molecule has 0 N–H and O–H groups in total. The number of hydrogen-bond acceptors (Lipinski definition) is 3. The van der Waals surface area contributed by atoms with Gasteiger partial charge in [0.1, 0.15) is 0 Å². The molecule has 0 atom stereocenters. The summed E-state index contributed by atoms with van der Waals surface area (Å²) in [4.78, 5) is 10.9. The summed E-state index contributed by atoms with van der Waals surface area (Å²) >= 11 is 17.5. The lowest BCUT2D eigenvalue weighted by Gasteiger charge is -2.22. The van der Waals surface area contributed by atoms with E-state index in [1.165, 1.54) is 7.11 Å². The molecule has 102 valence electrons. The first-order valence-electron chi connectivity index (χ1n) is 5.61. The maximum absolute atomic E-state index is 10.9. The van der Waals surface area contributed by atoms with Crippen LogP contribution in [0.1, 0.15) is 32.1 Å². The zero-order valence-corrected chi connectivity index (χ0v) is 13.2. The average molecular weight is 323 g/mol. The van der Waals surface area contributed by atoms with E-state index in [0.717, 1.165) is 38.8 Å². The molecule has 3 nitrogen and oxygen atoms in total. The van der Waals surface area contributed by atoms with Crippen molar-refractivity contribution in [3.8, 4) is 0 Å². The lowest BCUT2D eigenvalue weighted by atomic mass is 10.2. The van der Waals surface area contributed by atoms with Gasteiger partial charge < -0.3 is 4.74 Å². The molecule has 7 heteroatoms. The third-order valence-electron chi connectivity index (χ3n) is 2.29. The molecule has 0 spiro atoms. The van der Waals surface area contributed by atoms with Gasteiger partial charge in [0, 0.05) is 25.4 Å². The van der Waals surface area contributed by atoms with Crippen LogP contribution in [-0.2, 0) is 9.53 Å². The zero-order valence-electron chi connectivity index (χ0n) is 10.0. The third-order valence-corrected chi connectivity index (χ3v) is 4.67. The van der Waals surface area contributed by atoms with Crippen LogP contribution in [-0.4, -0.2) is 36.7 Å². The summed E-state index contributed by atoms with van der Waals surface area (Å²) in [5.74, 6) is 0.497. The smallest absolute Gasteiger partial charge is 0.305 e. The quantitative estimate of drug-likeness (QED) is 0.259. The second-order valence-electron chi connectivity index (χ2n) is 3.60. The first kappa shape index (κ1) is 17.7. The highest BCUT2D eigenvalue weighted by atomic mass is 35.9. The van der Waals surface area contributed by atoms with E-state index >= 15 is 0 Å². The van der Waals surface area contributed by atoms with Gasteiger partial charge in [-0.15, -0.1) is 11.6 Å². The fraction of sp³-hybridized carbons (Fsp3) is 0.900. The van der Waals surface area contributed by atoms with Crippen LogP contribution >= 0.6 is 40.9 Å². The van der Waals surface area contributed by atoms with Crippen molar-refractivity contribution in [2.24, 2.45) is 0 Å². The Hall–Kier alpha value is 0.730. The molecule has 0 bridgehead atoms. The first-order valence-corrected chi connectivity index (χ1v) is 9.25. The lowest BCUT2D eigenvalue weighted by Crippen LogP contribution is -2.18. The van der Waals surface area contributed by atoms with Gasteiger partial charge >= 0.3 is 5.97 Å². The molecule has 0 aliphatic rings. The molecule has 0 radical (unpaired) electrons. The van der Waals surface area contributed by atoms with Crippen LogP contribution in [0, 0.1) is 0 Å². The zero-order chi connectivity index (χ0) is 13.1. The van der Waals surface area contributed by atoms with Crippen molar-refractivity contribution < 1.29 is 9.53 Å². The Balaban J connectivity index is 3.66. The molecule has 0 amide bonds. The van der Waals surface area contributed by atoms with E-state index in [9.17, 15) is 4.79 Å².